The summed E-state index contributed by atoms with van der Waals surface area (Å²) in [5.74, 6) is 2.40. The van der Waals surface area contributed by atoms with Gasteiger partial charge >= 0.3 is 0 Å². The van der Waals surface area contributed by atoms with E-state index in [4.69, 9.17) is 4.98 Å². The fraction of sp³-hybridized carbons (Fsp3) is 0.440. The van der Waals surface area contributed by atoms with Crippen LogP contribution in [0.4, 0.5) is 10.2 Å². The maximum Gasteiger partial charge on any atom is 0.244 e. The summed E-state index contributed by atoms with van der Waals surface area (Å²) >= 11 is 0. The molecule has 174 valence electrons. The van der Waals surface area contributed by atoms with Gasteiger partial charge in [-0.05, 0) is 61.2 Å². The second-order valence-electron chi connectivity index (χ2n) is 9.13. The van der Waals surface area contributed by atoms with Gasteiger partial charge in [-0.2, -0.15) is 5.10 Å². The Morgan fingerprint density at radius 2 is 1.85 bits per heavy atom. The van der Waals surface area contributed by atoms with Gasteiger partial charge in [-0.3, -0.25) is 4.79 Å². The third kappa shape index (κ3) is 5.38. The molecule has 0 radical (unpaired) electrons. The molecule has 0 spiro atoms. The standard InChI is InChI=1S/C25H31FN6O/c1-17(2)13-23-28-25(20-5-6-21(26)19(4)15-20)29-32(23)16-24(33)31-11-9-30(10-12-31)22-14-18(3)7-8-27-22/h5-8,14-15,17H,9-13,16H2,1-4H3. The van der Waals surface area contributed by atoms with Gasteiger partial charge in [0.1, 0.15) is 24.0 Å². The highest BCUT2D eigenvalue weighted by Gasteiger charge is 2.24. The average molecular weight is 451 g/mol. The Morgan fingerprint density at radius 3 is 2.52 bits per heavy atom. The van der Waals surface area contributed by atoms with Crippen molar-refractivity contribution in [1.82, 2.24) is 24.6 Å². The maximum absolute atomic E-state index is 13.7. The first kappa shape index (κ1) is 22.9. The molecule has 8 heteroatoms. The first-order chi connectivity index (χ1) is 15.8. The Kier molecular flexibility index (Phi) is 6.72. The lowest BCUT2D eigenvalue weighted by molar-refractivity contribution is -0.132. The van der Waals surface area contributed by atoms with Gasteiger partial charge < -0.3 is 9.80 Å². The van der Waals surface area contributed by atoms with Crippen LogP contribution < -0.4 is 4.90 Å². The zero-order chi connectivity index (χ0) is 23.5. The van der Waals surface area contributed by atoms with E-state index in [0.717, 1.165) is 30.3 Å². The second kappa shape index (κ2) is 9.68. The lowest BCUT2D eigenvalue weighted by atomic mass is 10.1. The Bertz CT molecular complexity index is 1130. The van der Waals surface area contributed by atoms with Crippen LogP contribution >= 0.6 is 0 Å². The summed E-state index contributed by atoms with van der Waals surface area (Å²) in [6.07, 6.45) is 2.54. The number of aryl methyl sites for hydroxylation is 2. The van der Waals surface area contributed by atoms with Crippen molar-refractivity contribution in [2.45, 2.75) is 40.7 Å². The third-order valence-electron chi connectivity index (χ3n) is 5.90. The predicted octanol–water partition coefficient (Wildman–Crippen LogP) is 3.64. The molecule has 0 aliphatic carbocycles. The number of pyridine rings is 1. The van der Waals surface area contributed by atoms with Gasteiger partial charge in [0.2, 0.25) is 5.91 Å². The van der Waals surface area contributed by atoms with E-state index in [1.54, 1.807) is 23.7 Å². The van der Waals surface area contributed by atoms with Crippen LogP contribution in [0.2, 0.25) is 0 Å². The molecule has 1 aromatic carbocycles. The number of carbonyl (C=O) groups is 1. The van der Waals surface area contributed by atoms with Gasteiger partial charge in [-0.1, -0.05) is 13.8 Å². The van der Waals surface area contributed by atoms with E-state index in [2.05, 4.69) is 41.8 Å². The van der Waals surface area contributed by atoms with Crippen molar-refractivity contribution in [3.63, 3.8) is 0 Å². The lowest BCUT2D eigenvalue weighted by Crippen LogP contribution is -2.50. The minimum Gasteiger partial charge on any atom is -0.353 e. The van der Waals surface area contributed by atoms with Crippen LogP contribution in [0.3, 0.4) is 0 Å². The monoisotopic (exact) mass is 450 g/mol. The summed E-state index contributed by atoms with van der Waals surface area (Å²) in [5, 5.41) is 4.63. The van der Waals surface area contributed by atoms with Crippen molar-refractivity contribution in [3.8, 4) is 11.4 Å². The smallest absolute Gasteiger partial charge is 0.244 e. The molecule has 3 heterocycles. The molecule has 0 unspecified atom stereocenters. The normalized spacial score (nSPS) is 14.2. The summed E-state index contributed by atoms with van der Waals surface area (Å²) < 4.78 is 15.4. The molecule has 1 saturated heterocycles. The van der Waals surface area contributed by atoms with Crippen LogP contribution in [0, 0.1) is 25.6 Å². The summed E-state index contributed by atoms with van der Waals surface area (Å²) in [6.45, 7) is 10.9. The Labute approximate surface area is 194 Å². The van der Waals surface area contributed by atoms with E-state index >= 15 is 0 Å². The maximum atomic E-state index is 13.7. The summed E-state index contributed by atoms with van der Waals surface area (Å²) in [4.78, 5) is 26.3. The fourth-order valence-corrected chi connectivity index (χ4v) is 4.03. The summed E-state index contributed by atoms with van der Waals surface area (Å²) in [6, 6.07) is 8.92. The lowest BCUT2D eigenvalue weighted by Gasteiger charge is -2.35. The van der Waals surface area contributed by atoms with Crippen molar-refractivity contribution >= 4 is 11.7 Å². The van der Waals surface area contributed by atoms with Crippen molar-refractivity contribution < 1.29 is 9.18 Å². The third-order valence-corrected chi connectivity index (χ3v) is 5.90. The molecule has 7 nitrogen and oxygen atoms in total. The van der Waals surface area contributed by atoms with Gasteiger partial charge in [0.05, 0.1) is 0 Å². The zero-order valence-corrected chi connectivity index (χ0v) is 19.8. The zero-order valence-electron chi connectivity index (χ0n) is 19.8. The molecule has 4 rings (SSSR count). The van der Waals surface area contributed by atoms with E-state index in [1.165, 1.54) is 11.6 Å². The number of amides is 1. The number of benzene rings is 1. The Morgan fingerprint density at radius 1 is 1.09 bits per heavy atom. The van der Waals surface area contributed by atoms with Gasteiger partial charge in [-0.15, -0.1) is 0 Å². The highest BCUT2D eigenvalue weighted by molar-refractivity contribution is 5.76. The minimum absolute atomic E-state index is 0.0311. The van der Waals surface area contributed by atoms with Crippen LogP contribution in [0.1, 0.15) is 30.8 Å². The highest BCUT2D eigenvalue weighted by Crippen LogP contribution is 2.21. The summed E-state index contributed by atoms with van der Waals surface area (Å²) in [7, 11) is 0. The van der Waals surface area contributed by atoms with E-state index in [0.29, 0.717) is 36.8 Å². The molecule has 1 aliphatic heterocycles. The minimum atomic E-state index is -0.254. The van der Waals surface area contributed by atoms with Gasteiger partial charge in [-0.25, -0.2) is 19.0 Å². The highest BCUT2D eigenvalue weighted by atomic mass is 19.1. The van der Waals surface area contributed by atoms with Gasteiger partial charge in [0, 0.05) is 44.4 Å². The molecule has 33 heavy (non-hydrogen) atoms. The molecule has 0 bridgehead atoms. The molecular formula is C25H31FN6O. The molecule has 0 saturated carbocycles. The molecule has 0 N–H and O–H groups in total. The van der Waals surface area contributed by atoms with E-state index in [-0.39, 0.29) is 18.3 Å². The molecule has 2 aromatic heterocycles. The van der Waals surface area contributed by atoms with Gasteiger partial charge in [0.25, 0.3) is 0 Å². The van der Waals surface area contributed by atoms with Gasteiger partial charge in [0.15, 0.2) is 5.82 Å². The number of aromatic nitrogens is 4. The average Bonchev–Trinajstić information content (AvgIpc) is 3.17. The number of nitrogens with zero attached hydrogens (tertiary/aromatic N) is 6. The number of carbonyl (C=O) groups excluding carboxylic acids is 1. The first-order valence-corrected chi connectivity index (χ1v) is 11.5. The number of anilines is 1. The quantitative estimate of drug-likeness (QED) is 0.574. The Balaban J connectivity index is 1.46. The number of rotatable bonds is 6. The molecule has 1 aliphatic rings. The van der Waals surface area contributed by atoms with E-state index in [1.807, 2.05) is 17.2 Å². The van der Waals surface area contributed by atoms with Crippen molar-refractivity contribution in [1.29, 1.82) is 0 Å². The number of hydrogen-bond donors (Lipinski definition) is 0. The van der Waals surface area contributed by atoms with Crippen molar-refractivity contribution in [3.05, 3.63) is 59.3 Å². The topological polar surface area (TPSA) is 67.2 Å². The van der Waals surface area contributed by atoms with Crippen molar-refractivity contribution in [2.75, 3.05) is 31.1 Å². The number of piperazine rings is 1. The molecule has 1 fully saturated rings. The van der Waals surface area contributed by atoms with Crippen LogP contribution in [0.25, 0.3) is 11.4 Å². The fourth-order valence-electron chi connectivity index (χ4n) is 4.03. The van der Waals surface area contributed by atoms with Crippen LogP contribution in [0.15, 0.2) is 36.5 Å². The molecule has 1 amide bonds. The van der Waals surface area contributed by atoms with Crippen molar-refractivity contribution in [2.24, 2.45) is 5.92 Å². The first-order valence-electron chi connectivity index (χ1n) is 11.5. The van der Waals surface area contributed by atoms with E-state index in [9.17, 15) is 9.18 Å². The molecule has 0 atom stereocenters. The molecular weight excluding hydrogens is 419 g/mol. The Hall–Kier alpha value is -3.29. The van der Waals surface area contributed by atoms with Crippen LogP contribution in [-0.2, 0) is 17.8 Å². The predicted molar refractivity (Wildman–Crippen MR) is 126 cm³/mol. The second-order valence-corrected chi connectivity index (χ2v) is 9.13. The largest absolute Gasteiger partial charge is 0.353 e. The van der Waals surface area contributed by atoms with Crippen LogP contribution in [-0.4, -0.2) is 56.7 Å². The number of halogens is 1. The van der Waals surface area contributed by atoms with E-state index < -0.39 is 0 Å². The van der Waals surface area contributed by atoms with Crippen LogP contribution in [0.5, 0.6) is 0 Å². The number of hydrogen-bond acceptors (Lipinski definition) is 5. The molecule has 3 aromatic rings. The SMILES string of the molecule is Cc1ccnc(N2CCN(C(=O)Cn3nc(-c4ccc(F)c(C)c4)nc3CC(C)C)CC2)c1. The summed E-state index contributed by atoms with van der Waals surface area (Å²) in [5.41, 5.74) is 2.48.